The summed E-state index contributed by atoms with van der Waals surface area (Å²) < 4.78 is 26.6. The lowest BCUT2D eigenvalue weighted by molar-refractivity contribution is 0.0766. The third-order valence-electron chi connectivity index (χ3n) is 4.41. The van der Waals surface area contributed by atoms with Crippen LogP contribution in [0.25, 0.3) is 0 Å². The van der Waals surface area contributed by atoms with Crippen LogP contribution in [-0.2, 0) is 10.0 Å². The van der Waals surface area contributed by atoms with Crippen LogP contribution in [0.2, 0.25) is 0 Å². The fourth-order valence-electron chi connectivity index (χ4n) is 2.90. The molecule has 0 radical (unpaired) electrons. The standard InChI is InChI=1S/C17H21BrN4O3S2/c1-20(2)27(24,25)15-12-13(4-5-14(15)18)16(23)21-7-3-8-22(10-9-21)17-19-6-11-26-17/h4-6,11-12H,3,7-10H2,1-2H3. The first-order valence-corrected chi connectivity index (χ1v) is 11.6. The Morgan fingerprint density at radius 3 is 2.67 bits per heavy atom. The smallest absolute Gasteiger partial charge is 0.253 e. The molecular weight excluding hydrogens is 452 g/mol. The summed E-state index contributed by atoms with van der Waals surface area (Å²) in [6, 6.07) is 4.72. The molecule has 1 aromatic carbocycles. The largest absolute Gasteiger partial charge is 0.346 e. The summed E-state index contributed by atoms with van der Waals surface area (Å²) in [6.45, 7) is 2.76. The van der Waals surface area contributed by atoms with Gasteiger partial charge in [-0.1, -0.05) is 0 Å². The normalized spacial score (nSPS) is 15.9. The van der Waals surface area contributed by atoms with E-state index in [1.54, 1.807) is 34.6 Å². The van der Waals surface area contributed by atoms with Gasteiger partial charge in [0, 0.05) is 61.9 Å². The van der Waals surface area contributed by atoms with Gasteiger partial charge in [-0.2, -0.15) is 0 Å². The zero-order valence-electron chi connectivity index (χ0n) is 15.1. The van der Waals surface area contributed by atoms with Crippen LogP contribution < -0.4 is 4.90 Å². The van der Waals surface area contributed by atoms with Gasteiger partial charge >= 0.3 is 0 Å². The summed E-state index contributed by atoms with van der Waals surface area (Å²) in [6.07, 6.45) is 2.62. The second-order valence-corrected chi connectivity index (χ2v) is 10.2. The monoisotopic (exact) mass is 472 g/mol. The average Bonchev–Trinajstić information content (AvgIpc) is 3.06. The van der Waals surface area contributed by atoms with Gasteiger partial charge in [-0.15, -0.1) is 11.3 Å². The Labute approximate surface area is 171 Å². The lowest BCUT2D eigenvalue weighted by Gasteiger charge is -2.22. The number of rotatable bonds is 4. The van der Waals surface area contributed by atoms with Crippen molar-refractivity contribution in [3.05, 3.63) is 39.8 Å². The first kappa shape index (κ1) is 20.2. The van der Waals surface area contributed by atoms with E-state index in [1.807, 2.05) is 5.38 Å². The molecule has 1 amide bonds. The Bertz CT molecular complexity index is 916. The van der Waals surface area contributed by atoms with Gasteiger partial charge in [0.15, 0.2) is 5.13 Å². The predicted octanol–water partition coefficient (Wildman–Crippen LogP) is 2.51. The molecule has 7 nitrogen and oxygen atoms in total. The van der Waals surface area contributed by atoms with Gasteiger partial charge in [-0.3, -0.25) is 4.79 Å². The molecule has 3 rings (SSSR count). The second-order valence-electron chi connectivity index (χ2n) is 6.38. The van der Waals surface area contributed by atoms with Gasteiger partial charge in [0.05, 0.1) is 4.90 Å². The van der Waals surface area contributed by atoms with Gasteiger partial charge in [-0.25, -0.2) is 17.7 Å². The number of anilines is 1. The van der Waals surface area contributed by atoms with E-state index in [0.29, 0.717) is 29.7 Å². The van der Waals surface area contributed by atoms with Gasteiger partial charge in [0.1, 0.15) is 0 Å². The molecular formula is C17H21BrN4O3S2. The zero-order chi connectivity index (χ0) is 19.6. The van der Waals surface area contributed by atoms with Crippen molar-refractivity contribution in [2.45, 2.75) is 11.3 Å². The molecule has 1 saturated heterocycles. The van der Waals surface area contributed by atoms with Crippen LogP contribution >= 0.6 is 27.3 Å². The highest BCUT2D eigenvalue weighted by atomic mass is 79.9. The Morgan fingerprint density at radius 2 is 2.00 bits per heavy atom. The van der Waals surface area contributed by atoms with Crippen LogP contribution in [0.3, 0.4) is 0 Å². The minimum absolute atomic E-state index is 0.0950. The Morgan fingerprint density at radius 1 is 1.22 bits per heavy atom. The Balaban J connectivity index is 1.80. The third kappa shape index (κ3) is 4.34. The highest BCUT2D eigenvalue weighted by molar-refractivity contribution is 9.10. The number of aromatic nitrogens is 1. The highest BCUT2D eigenvalue weighted by Crippen LogP contribution is 2.26. The van der Waals surface area contributed by atoms with Crippen molar-refractivity contribution in [1.82, 2.24) is 14.2 Å². The van der Waals surface area contributed by atoms with Gasteiger partial charge in [-0.05, 0) is 40.5 Å². The number of sulfonamides is 1. The van der Waals surface area contributed by atoms with Crippen LogP contribution in [-0.4, -0.2) is 68.8 Å². The van der Waals surface area contributed by atoms with Crippen molar-refractivity contribution >= 4 is 48.3 Å². The SMILES string of the molecule is CN(C)S(=O)(=O)c1cc(C(=O)N2CCCN(c3nccs3)CC2)ccc1Br. The van der Waals surface area contributed by atoms with Crippen LogP contribution in [0.5, 0.6) is 0 Å². The average molecular weight is 473 g/mol. The number of carbonyl (C=O) groups is 1. The number of halogens is 1. The molecule has 0 bridgehead atoms. The van der Waals surface area contributed by atoms with E-state index in [1.165, 1.54) is 20.2 Å². The van der Waals surface area contributed by atoms with E-state index in [9.17, 15) is 13.2 Å². The molecule has 0 unspecified atom stereocenters. The molecule has 1 aliphatic rings. The zero-order valence-corrected chi connectivity index (χ0v) is 18.3. The van der Waals surface area contributed by atoms with Crippen molar-refractivity contribution in [2.75, 3.05) is 45.2 Å². The molecule has 1 aliphatic heterocycles. The fourth-order valence-corrected chi connectivity index (χ4v) is 5.44. The predicted molar refractivity (Wildman–Crippen MR) is 110 cm³/mol. The quantitative estimate of drug-likeness (QED) is 0.683. The van der Waals surface area contributed by atoms with Crippen molar-refractivity contribution in [1.29, 1.82) is 0 Å². The second kappa shape index (κ2) is 8.26. The lowest BCUT2D eigenvalue weighted by atomic mass is 10.2. The molecule has 2 heterocycles. The summed E-state index contributed by atoms with van der Waals surface area (Å²) >= 11 is 4.87. The van der Waals surface area contributed by atoms with E-state index in [4.69, 9.17) is 0 Å². The minimum atomic E-state index is -3.64. The van der Waals surface area contributed by atoms with E-state index in [0.717, 1.165) is 22.4 Å². The van der Waals surface area contributed by atoms with Crippen LogP contribution in [0.15, 0.2) is 39.1 Å². The van der Waals surface area contributed by atoms with E-state index in [-0.39, 0.29) is 10.8 Å². The number of hydrogen-bond acceptors (Lipinski definition) is 6. The summed E-state index contributed by atoms with van der Waals surface area (Å²) in [4.78, 5) is 21.4. The maximum absolute atomic E-state index is 13.0. The van der Waals surface area contributed by atoms with Crippen LogP contribution in [0.1, 0.15) is 16.8 Å². The number of hydrogen-bond donors (Lipinski definition) is 0. The molecule has 1 fully saturated rings. The highest BCUT2D eigenvalue weighted by Gasteiger charge is 2.25. The van der Waals surface area contributed by atoms with Gasteiger partial charge in [0.25, 0.3) is 5.91 Å². The molecule has 0 N–H and O–H groups in total. The number of nitrogens with zero attached hydrogens (tertiary/aromatic N) is 4. The molecule has 0 saturated carbocycles. The number of benzene rings is 1. The van der Waals surface area contributed by atoms with E-state index in [2.05, 4.69) is 25.8 Å². The first-order chi connectivity index (χ1) is 12.8. The molecule has 27 heavy (non-hydrogen) atoms. The number of amides is 1. The molecule has 146 valence electrons. The van der Waals surface area contributed by atoms with Crippen molar-refractivity contribution < 1.29 is 13.2 Å². The summed E-state index contributed by atoms with van der Waals surface area (Å²) in [5.41, 5.74) is 0.376. The summed E-state index contributed by atoms with van der Waals surface area (Å²) in [5, 5.41) is 2.91. The molecule has 0 spiro atoms. The Hall–Kier alpha value is -1.49. The Kier molecular flexibility index (Phi) is 6.19. The summed E-state index contributed by atoms with van der Waals surface area (Å²) in [5.74, 6) is -0.154. The van der Waals surface area contributed by atoms with Gasteiger partial charge in [0.2, 0.25) is 10.0 Å². The first-order valence-electron chi connectivity index (χ1n) is 8.46. The maximum atomic E-state index is 13.0. The molecule has 1 aromatic heterocycles. The van der Waals surface area contributed by atoms with Crippen LogP contribution in [0, 0.1) is 0 Å². The third-order valence-corrected chi connectivity index (χ3v) is 8.05. The van der Waals surface area contributed by atoms with Crippen molar-refractivity contribution in [3.63, 3.8) is 0 Å². The molecule has 2 aromatic rings. The molecule has 10 heteroatoms. The van der Waals surface area contributed by atoms with E-state index >= 15 is 0 Å². The maximum Gasteiger partial charge on any atom is 0.253 e. The fraction of sp³-hybridized carbons (Fsp3) is 0.412. The van der Waals surface area contributed by atoms with Gasteiger partial charge < -0.3 is 9.80 Å². The number of thiazole rings is 1. The molecule has 0 aliphatic carbocycles. The topological polar surface area (TPSA) is 73.8 Å². The lowest BCUT2D eigenvalue weighted by Crippen LogP contribution is -2.35. The minimum Gasteiger partial charge on any atom is -0.346 e. The van der Waals surface area contributed by atoms with E-state index < -0.39 is 10.0 Å². The summed E-state index contributed by atoms with van der Waals surface area (Å²) in [7, 11) is -0.698. The molecule has 0 atom stereocenters. The van der Waals surface area contributed by atoms with Crippen molar-refractivity contribution in [2.24, 2.45) is 0 Å². The number of carbonyl (C=O) groups excluding carboxylic acids is 1. The van der Waals surface area contributed by atoms with Crippen LogP contribution in [0.4, 0.5) is 5.13 Å². The van der Waals surface area contributed by atoms with Crippen molar-refractivity contribution in [3.8, 4) is 0 Å².